The number of rotatable bonds is 1. The normalized spacial score (nSPS) is 25.3. The van der Waals surface area contributed by atoms with Crippen LogP contribution >= 0.6 is 11.6 Å². The molecule has 17 heavy (non-hydrogen) atoms. The Morgan fingerprint density at radius 1 is 1.29 bits per heavy atom. The lowest BCUT2D eigenvalue weighted by Gasteiger charge is -2.26. The molecule has 0 saturated heterocycles. The summed E-state index contributed by atoms with van der Waals surface area (Å²) in [5.74, 6) is 0.430. The molecule has 3 rings (SSSR count). The number of nitrogens with zero attached hydrogens (tertiary/aromatic N) is 3. The summed E-state index contributed by atoms with van der Waals surface area (Å²) in [6, 6.07) is 1.86. The molecule has 0 aliphatic heterocycles. The van der Waals surface area contributed by atoms with Gasteiger partial charge in [-0.1, -0.05) is 11.6 Å². The van der Waals surface area contributed by atoms with Crippen LogP contribution in [0.3, 0.4) is 0 Å². The number of aliphatic hydroxyl groups excluding tert-OH is 1. The standard InChI is InChI=1S/C12H14ClN3O/c13-11-5-12-14-7-15-16(12)6-10(11)8-1-3-9(17)4-2-8/h5-9,17H,1-4H2/t8-,9-. The fourth-order valence-electron chi connectivity index (χ4n) is 2.54. The molecule has 2 aromatic rings. The van der Waals surface area contributed by atoms with Gasteiger partial charge in [-0.05, 0) is 37.2 Å². The molecule has 2 heterocycles. The second-order valence-electron chi connectivity index (χ2n) is 4.64. The van der Waals surface area contributed by atoms with Gasteiger partial charge in [-0.25, -0.2) is 9.50 Å². The molecule has 2 aromatic heterocycles. The van der Waals surface area contributed by atoms with E-state index in [1.165, 1.54) is 6.33 Å². The smallest absolute Gasteiger partial charge is 0.156 e. The lowest BCUT2D eigenvalue weighted by Crippen LogP contribution is -2.17. The molecule has 90 valence electrons. The van der Waals surface area contributed by atoms with Gasteiger partial charge >= 0.3 is 0 Å². The molecule has 0 aromatic carbocycles. The zero-order valence-electron chi connectivity index (χ0n) is 9.38. The van der Waals surface area contributed by atoms with Crippen molar-refractivity contribution in [2.45, 2.75) is 37.7 Å². The second-order valence-corrected chi connectivity index (χ2v) is 5.05. The molecular formula is C12H14ClN3O. The van der Waals surface area contributed by atoms with Crippen LogP contribution in [-0.4, -0.2) is 25.8 Å². The fraction of sp³-hybridized carbons (Fsp3) is 0.500. The quantitative estimate of drug-likeness (QED) is 0.847. The largest absolute Gasteiger partial charge is 0.393 e. The molecule has 1 aliphatic carbocycles. The van der Waals surface area contributed by atoms with Gasteiger partial charge in [-0.15, -0.1) is 0 Å². The number of aromatic nitrogens is 3. The van der Waals surface area contributed by atoms with Gasteiger partial charge in [-0.2, -0.15) is 5.10 Å². The zero-order chi connectivity index (χ0) is 11.8. The van der Waals surface area contributed by atoms with E-state index >= 15 is 0 Å². The molecule has 0 amide bonds. The molecule has 1 N–H and O–H groups in total. The van der Waals surface area contributed by atoms with E-state index < -0.39 is 0 Å². The maximum atomic E-state index is 9.52. The van der Waals surface area contributed by atoms with Crippen molar-refractivity contribution >= 4 is 17.2 Å². The van der Waals surface area contributed by atoms with E-state index in [-0.39, 0.29) is 6.10 Å². The molecule has 5 heteroatoms. The summed E-state index contributed by atoms with van der Waals surface area (Å²) in [5.41, 5.74) is 1.89. The fourth-order valence-corrected chi connectivity index (χ4v) is 2.84. The molecule has 0 atom stereocenters. The molecular weight excluding hydrogens is 238 g/mol. The Labute approximate surface area is 104 Å². The third-order valence-electron chi connectivity index (χ3n) is 3.53. The van der Waals surface area contributed by atoms with Crippen LogP contribution in [0.15, 0.2) is 18.6 Å². The summed E-state index contributed by atoms with van der Waals surface area (Å²) in [5, 5.41) is 14.4. The molecule has 0 bridgehead atoms. The van der Waals surface area contributed by atoms with Crippen molar-refractivity contribution in [1.29, 1.82) is 0 Å². The molecule has 1 aliphatic rings. The van der Waals surface area contributed by atoms with Gasteiger partial charge in [-0.3, -0.25) is 0 Å². The highest BCUT2D eigenvalue weighted by Crippen LogP contribution is 2.36. The molecule has 4 nitrogen and oxygen atoms in total. The summed E-state index contributed by atoms with van der Waals surface area (Å²) in [6.07, 6.45) is 7.04. The van der Waals surface area contributed by atoms with E-state index in [2.05, 4.69) is 10.1 Å². The summed E-state index contributed by atoms with van der Waals surface area (Å²) >= 11 is 6.29. The summed E-state index contributed by atoms with van der Waals surface area (Å²) in [4.78, 5) is 4.11. The van der Waals surface area contributed by atoms with E-state index in [9.17, 15) is 5.11 Å². The van der Waals surface area contributed by atoms with Gasteiger partial charge in [0.15, 0.2) is 5.65 Å². The number of halogens is 1. The predicted octanol–water partition coefficient (Wildman–Crippen LogP) is 2.40. The minimum atomic E-state index is -0.139. The van der Waals surface area contributed by atoms with Crippen LogP contribution in [0.4, 0.5) is 0 Å². The van der Waals surface area contributed by atoms with E-state index in [0.717, 1.165) is 41.9 Å². The summed E-state index contributed by atoms with van der Waals surface area (Å²) in [6.45, 7) is 0. The lowest BCUT2D eigenvalue weighted by molar-refractivity contribution is 0.122. The maximum Gasteiger partial charge on any atom is 0.156 e. The van der Waals surface area contributed by atoms with Crippen molar-refractivity contribution in [3.63, 3.8) is 0 Å². The minimum absolute atomic E-state index is 0.139. The van der Waals surface area contributed by atoms with Crippen LogP contribution in [0.1, 0.15) is 37.2 Å². The lowest BCUT2D eigenvalue weighted by atomic mass is 9.83. The second kappa shape index (κ2) is 4.27. The summed E-state index contributed by atoms with van der Waals surface area (Å²) in [7, 11) is 0. The minimum Gasteiger partial charge on any atom is -0.393 e. The van der Waals surface area contributed by atoms with Crippen molar-refractivity contribution in [3.05, 3.63) is 29.2 Å². The van der Waals surface area contributed by atoms with Gasteiger partial charge < -0.3 is 5.11 Å². The first-order valence-corrected chi connectivity index (χ1v) is 6.28. The molecule has 0 radical (unpaired) electrons. The maximum absolute atomic E-state index is 9.52. The first-order valence-electron chi connectivity index (χ1n) is 5.91. The highest BCUT2D eigenvalue weighted by Gasteiger charge is 2.23. The van der Waals surface area contributed by atoms with Crippen LogP contribution in [0.5, 0.6) is 0 Å². The third kappa shape index (κ3) is 2.03. The van der Waals surface area contributed by atoms with Gasteiger partial charge in [0.2, 0.25) is 0 Å². The van der Waals surface area contributed by atoms with E-state index in [0.29, 0.717) is 5.92 Å². The van der Waals surface area contributed by atoms with E-state index in [1.54, 1.807) is 4.52 Å². The molecule has 1 saturated carbocycles. The molecule has 0 spiro atoms. The van der Waals surface area contributed by atoms with Gasteiger partial charge in [0, 0.05) is 17.3 Å². The predicted molar refractivity (Wildman–Crippen MR) is 65.2 cm³/mol. The van der Waals surface area contributed by atoms with E-state index in [4.69, 9.17) is 11.6 Å². The highest BCUT2D eigenvalue weighted by atomic mass is 35.5. The van der Waals surface area contributed by atoms with Crippen molar-refractivity contribution in [2.24, 2.45) is 0 Å². The monoisotopic (exact) mass is 251 g/mol. The number of fused-ring (bicyclic) bond motifs is 1. The van der Waals surface area contributed by atoms with Crippen molar-refractivity contribution in [1.82, 2.24) is 14.6 Å². The van der Waals surface area contributed by atoms with Crippen LogP contribution in [0.25, 0.3) is 5.65 Å². The highest BCUT2D eigenvalue weighted by molar-refractivity contribution is 6.31. The SMILES string of the molecule is O[C@H]1CC[C@H](c2cn3ncnc3cc2Cl)CC1. The van der Waals surface area contributed by atoms with Crippen LogP contribution in [0.2, 0.25) is 5.02 Å². The number of hydrogen-bond donors (Lipinski definition) is 1. The number of pyridine rings is 1. The van der Waals surface area contributed by atoms with Gasteiger partial charge in [0.1, 0.15) is 6.33 Å². The van der Waals surface area contributed by atoms with Gasteiger partial charge in [0.25, 0.3) is 0 Å². The van der Waals surface area contributed by atoms with Crippen molar-refractivity contribution in [3.8, 4) is 0 Å². The average Bonchev–Trinajstić information content (AvgIpc) is 2.76. The van der Waals surface area contributed by atoms with Crippen LogP contribution in [-0.2, 0) is 0 Å². The Hall–Kier alpha value is -1.13. The Bertz CT molecular complexity index is 532. The van der Waals surface area contributed by atoms with Crippen LogP contribution < -0.4 is 0 Å². The van der Waals surface area contributed by atoms with Gasteiger partial charge in [0.05, 0.1) is 6.10 Å². The van der Waals surface area contributed by atoms with Crippen molar-refractivity contribution in [2.75, 3.05) is 0 Å². The first kappa shape index (κ1) is 11.0. The zero-order valence-corrected chi connectivity index (χ0v) is 10.1. The first-order chi connectivity index (χ1) is 8.24. The summed E-state index contributed by atoms with van der Waals surface area (Å²) < 4.78 is 1.76. The molecule has 0 unspecified atom stereocenters. The third-order valence-corrected chi connectivity index (χ3v) is 3.86. The Kier molecular flexibility index (Phi) is 2.76. The number of aliphatic hydroxyl groups is 1. The number of hydrogen-bond acceptors (Lipinski definition) is 3. The Morgan fingerprint density at radius 2 is 2.06 bits per heavy atom. The molecule has 1 fully saturated rings. The van der Waals surface area contributed by atoms with Crippen molar-refractivity contribution < 1.29 is 5.11 Å². The Morgan fingerprint density at radius 3 is 2.82 bits per heavy atom. The topological polar surface area (TPSA) is 50.4 Å². The van der Waals surface area contributed by atoms with Crippen LogP contribution in [0, 0.1) is 0 Å². The Balaban J connectivity index is 1.96. The van der Waals surface area contributed by atoms with E-state index in [1.807, 2.05) is 12.3 Å². The average molecular weight is 252 g/mol.